The van der Waals surface area contributed by atoms with Gasteiger partial charge in [-0.25, -0.2) is 8.42 Å². The predicted molar refractivity (Wildman–Crippen MR) is 85.8 cm³/mol. The Morgan fingerprint density at radius 2 is 1.70 bits per heavy atom. The third-order valence-corrected chi connectivity index (χ3v) is 5.19. The van der Waals surface area contributed by atoms with Gasteiger partial charge in [-0.15, -0.1) is 0 Å². The molecule has 0 aliphatic heterocycles. The number of benzene rings is 1. The van der Waals surface area contributed by atoms with Gasteiger partial charge in [0, 0.05) is 6.04 Å². The van der Waals surface area contributed by atoms with Crippen molar-refractivity contribution in [1.82, 2.24) is 5.32 Å². The highest BCUT2D eigenvalue weighted by molar-refractivity contribution is 7.90. The van der Waals surface area contributed by atoms with Gasteiger partial charge in [0.2, 0.25) is 0 Å². The zero-order valence-electron chi connectivity index (χ0n) is 13.1. The fraction of sp³-hybridized carbons (Fsp3) is 0.625. The van der Waals surface area contributed by atoms with Crippen molar-refractivity contribution in [3.05, 3.63) is 34.9 Å². The van der Waals surface area contributed by atoms with Crippen LogP contribution in [0, 0.1) is 13.8 Å². The van der Waals surface area contributed by atoms with Gasteiger partial charge in [0.1, 0.15) is 0 Å². The largest absolute Gasteiger partial charge is 0.317 e. The minimum atomic E-state index is -2.99. The zero-order valence-corrected chi connectivity index (χ0v) is 13.9. The Labute approximate surface area is 123 Å². The molecule has 0 spiro atoms. The lowest BCUT2D eigenvalue weighted by molar-refractivity contribution is 0.533. The fourth-order valence-electron chi connectivity index (χ4n) is 2.40. The third kappa shape index (κ3) is 6.53. The normalized spacial score (nSPS) is 13.4. The summed E-state index contributed by atoms with van der Waals surface area (Å²) in [6, 6.07) is 6.45. The van der Waals surface area contributed by atoms with E-state index in [0.29, 0.717) is 6.04 Å². The van der Waals surface area contributed by atoms with E-state index < -0.39 is 9.84 Å². The number of hydrogen-bond acceptors (Lipinski definition) is 3. The van der Waals surface area contributed by atoms with E-state index in [-0.39, 0.29) is 11.5 Å². The molecule has 1 N–H and O–H groups in total. The van der Waals surface area contributed by atoms with E-state index in [2.05, 4.69) is 18.3 Å². The lowest BCUT2D eigenvalue weighted by Gasteiger charge is -2.10. The Hall–Kier alpha value is -0.870. The summed E-state index contributed by atoms with van der Waals surface area (Å²) >= 11 is 0. The maximum absolute atomic E-state index is 12.1. The van der Waals surface area contributed by atoms with Crippen LogP contribution in [0.4, 0.5) is 0 Å². The minimum Gasteiger partial charge on any atom is -0.317 e. The van der Waals surface area contributed by atoms with Crippen LogP contribution in [-0.4, -0.2) is 27.3 Å². The Morgan fingerprint density at radius 1 is 1.10 bits per heavy atom. The second kappa shape index (κ2) is 7.79. The Kier molecular flexibility index (Phi) is 6.69. The first-order valence-corrected chi connectivity index (χ1v) is 9.09. The average Bonchev–Trinajstić information content (AvgIpc) is 2.32. The first kappa shape index (κ1) is 17.2. The molecule has 0 bridgehead atoms. The molecule has 0 aliphatic rings. The number of aryl methyl sites for hydroxylation is 2. The van der Waals surface area contributed by atoms with Gasteiger partial charge < -0.3 is 5.32 Å². The summed E-state index contributed by atoms with van der Waals surface area (Å²) in [7, 11) is -1.06. The number of sulfone groups is 1. The third-order valence-electron chi connectivity index (χ3n) is 3.50. The van der Waals surface area contributed by atoms with Gasteiger partial charge in [0.05, 0.1) is 11.5 Å². The van der Waals surface area contributed by atoms with Gasteiger partial charge in [-0.1, -0.05) is 35.7 Å². The molecule has 20 heavy (non-hydrogen) atoms. The van der Waals surface area contributed by atoms with Crippen LogP contribution in [0.25, 0.3) is 0 Å². The van der Waals surface area contributed by atoms with E-state index in [9.17, 15) is 8.42 Å². The van der Waals surface area contributed by atoms with E-state index in [4.69, 9.17) is 0 Å². The summed E-state index contributed by atoms with van der Waals surface area (Å²) in [6.07, 6.45) is 2.73. The molecule has 1 atom stereocenters. The molecule has 0 fully saturated rings. The van der Waals surface area contributed by atoms with Crippen molar-refractivity contribution < 1.29 is 8.42 Å². The van der Waals surface area contributed by atoms with E-state index >= 15 is 0 Å². The van der Waals surface area contributed by atoms with E-state index in [1.54, 1.807) is 0 Å². The monoisotopic (exact) mass is 297 g/mol. The summed E-state index contributed by atoms with van der Waals surface area (Å²) in [5.74, 6) is 0.452. The van der Waals surface area contributed by atoms with Crippen molar-refractivity contribution >= 4 is 9.84 Å². The number of unbranched alkanes of at least 4 members (excludes halogenated alkanes) is 1. The van der Waals surface area contributed by atoms with Crippen molar-refractivity contribution in [2.75, 3.05) is 12.8 Å². The van der Waals surface area contributed by atoms with Crippen LogP contribution >= 0.6 is 0 Å². The second-order valence-electron chi connectivity index (χ2n) is 5.77. The molecule has 1 unspecified atom stereocenters. The highest BCUT2D eigenvalue weighted by Crippen LogP contribution is 2.14. The van der Waals surface area contributed by atoms with Crippen molar-refractivity contribution in [3.63, 3.8) is 0 Å². The standard InChI is InChI=1S/C16H27NO2S/c1-13-9-14(2)11-16(10-13)12-20(18,19)8-6-5-7-15(3)17-4/h9-11,15,17H,5-8,12H2,1-4H3. The zero-order chi connectivity index (χ0) is 15.2. The first-order valence-electron chi connectivity index (χ1n) is 7.27. The Bertz CT molecular complexity index is 503. The van der Waals surface area contributed by atoms with E-state index in [1.807, 2.05) is 33.0 Å². The number of hydrogen-bond donors (Lipinski definition) is 1. The number of rotatable bonds is 8. The molecule has 0 saturated heterocycles. The predicted octanol–water partition coefficient (Wildman–Crippen LogP) is 3.00. The average molecular weight is 297 g/mol. The van der Waals surface area contributed by atoms with Gasteiger partial charge in [-0.3, -0.25) is 0 Å². The van der Waals surface area contributed by atoms with Gasteiger partial charge in [-0.05, 0) is 46.2 Å². The maximum Gasteiger partial charge on any atom is 0.154 e. The van der Waals surface area contributed by atoms with Crippen LogP contribution < -0.4 is 5.32 Å². The molecule has 0 radical (unpaired) electrons. The van der Waals surface area contributed by atoms with Gasteiger partial charge >= 0.3 is 0 Å². The summed E-state index contributed by atoms with van der Waals surface area (Å²) in [5.41, 5.74) is 3.15. The Morgan fingerprint density at radius 3 is 2.25 bits per heavy atom. The molecule has 1 rings (SSSR count). The second-order valence-corrected chi connectivity index (χ2v) is 7.96. The van der Waals surface area contributed by atoms with Crippen LogP contribution in [-0.2, 0) is 15.6 Å². The molecule has 1 aromatic carbocycles. The van der Waals surface area contributed by atoms with Crippen molar-refractivity contribution in [2.24, 2.45) is 0 Å². The Balaban J connectivity index is 2.49. The van der Waals surface area contributed by atoms with Crippen LogP contribution in [0.15, 0.2) is 18.2 Å². The smallest absolute Gasteiger partial charge is 0.154 e. The summed E-state index contributed by atoms with van der Waals surface area (Å²) in [5, 5.41) is 3.17. The molecular formula is C16H27NO2S. The maximum atomic E-state index is 12.1. The number of nitrogens with one attached hydrogen (secondary N) is 1. The molecule has 0 saturated carbocycles. The van der Waals surface area contributed by atoms with Gasteiger partial charge in [-0.2, -0.15) is 0 Å². The highest BCUT2D eigenvalue weighted by atomic mass is 32.2. The summed E-state index contributed by atoms with van der Waals surface area (Å²) in [6.45, 7) is 6.12. The lowest BCUT2D eigenvalue weighted by Crippen LogP contribution is -2.21. The fourth-order valence-corrected chi connectivity index (χ4v) is 3.86. The summed E-state index contributed by atoms with van der Waals surface area (Å²) < 4.78 is 24.2. The van der Waals surface area contributed by atoms with Crippen molar-refractivity contribution in [1.29, 1.82) is 0 Å². The van der Waals surface area contributed by atoms with Crippen molar-refractivity contribution in [3.8, 4) is 0 Å². The van der Waals surface area contributed by atoms with Crippen LogP contribution in [0.1, 0.15) is 42.9 Å². The summed E-state index contributed by atoms with van der Waals surface area (Å²) in [4.78, 5) is 0. The molecule has 0 aliphatic carbocycles. The molecule has 1 aromatic rings. The molecule has 4 heteroatoms. The lowest BCUT2D eigenvalue weighted by atomic mass is 10.1. The molecule has 0 aromatic heterocycles. The molecule has 0 amide bonds. The first-order chi connectivity index (χ1) is 9.32. The highest BCUT2D eigenvalue weighted by Gasteiger charge is 2.12. The molecule has 0 heterocycles. The molecule has 114 valence electrons. The quantitative estimate of drug-likeness (QED) is 0.750. The molecule has 3 nitrogen and oxygen atoms in total. The minimum absolute atomic E-state index is 0.164. The topological polar surface area (TPSA) is 46.2 Å². The van der Waals surface area contributed by atoms with Crippen LogP contribution in [0.2, 0.25) is 0 Å². The van der Waals surface area contributed by atoms with Crippen LogP contribution in [0.5, 0.6) is 0 Å². The van der Waals surface area contributed by atoms with Crippen LogP contribution in [0.3, 0.4) is 0 Å². The SMILES string of the molecule is CNC(C)CCCCS(=O)(=O)Cc1cc(C)cc(C)c1. The van der Waals surface area contributed by atoms with E-state index in [1.165, 1.54) is 0 Å². The van der Waals surface area contributed by atoms with Crippen molar-refractivity contribution in [2.45, 2.75) is 51.8 Å². The van der Waals surface area contributed by atoms with Gasteiger partial charge in [0.25, 0.3) is 0 Å². The van der Waals surface area contributed by atoms with E-state index in [0.717, 1.165) is 36.0 Å². The van der Waals surface area contributed by atoms with Gasteiger partial charge in [0.15, 0.2) is 9.84 Å². The molecular weight excluding hydrogens is 270 g/mol.